The van der Waals surface area contributed by atoms with Crippen molar-refractivity contribution in [2.45, 2.75) is 13.3 Å². The lowest BCUT2D eigenvalue weighted by molar-refractivity contribution is 0.0696. The van der Waals surface area contributed by atoms with Crippen molar-refractivity contribution in [1.29, 1.82) is 0 Å². The summed E-state index contributed by atoms with van der Waals surface area (Å²) in [4.78, 5) is 23.2. The van der Waals surface area contributed by atoms with Crippen LogP contribution >= 0.6 is 0 Å². The molecule has 0 aromatic heterocycles. The number of carboxylic acid groups (broad SMARTS) is 1. The predicted molar refractivity (Wildman–Crippen MR) is 93.6 cm³/mol. The largest absolute Gasteiger partial charge is 0.497 e. The summed E-state index contributed by atoms with van der Waals surface area (Å²) in [6, 6.07) is 11.8. The van der Waals surface area contributed by atoms with E-state index in [0.29, 0.717) is 25.1 Å². The highest BCUT2D eigenvalue weighted by atomic mass is 16.5. The lowest BCUT2D eigenvalue weighted by Gasteiger charge is -2.09. The summed E-state index contributed by atoms with van der Waals surface area (Å²) in [5.74, 6) is 0.150. The first-order valence-corrected chi connectivity index (χ1v) is 7.89. The molecule has 0 aliphatic heterocycles. The second-order valence-corrected chi connectivity index (χ2v) is 5.53. The second-order valence-electron chi connectivity index (χ2n) is 5.53. The van der Waals surface area contributed by atoms with E-state index in [1.165, 1.54) is 12.1 Å². The Morgan fingerprint density at radius 2 is 1.68 bits per heavy atom. The summed E-state index contributed by atoms with van der Waals surface area (Å²) < 4.78 is 10.7. The van der Waals surface area contributed by atoms with E-state index in [9.17, 15) is 9.59 Å². The minimum Gasteiger partial charge on any atom is -0.497 e. The smallest absolute Gasteiger partial charge is 0.335 e. The minimum absolute atomic E-state index is 0.105. The molecule has 25 heavy (non-hydrogen) atoms. The Balaban J connectivity index is 1.77. The van der Waals surface area contributed by atoms with Gasteiger partial charge in [0.2, 0.25) is 0 Å². The average Bonchev–Trinajstić information content (AvgIpc) is 2.61. The van der Waals surface area contributed by atoms with Crippen LogP contribution in [-0.4, -0.2) is 37.2 Å². The molecule has 6 nitrogen and oxygen atoms in total. The Hall–Kier alpha value is -3.02. The van der Waals surface area contributed by atoms with Gasteiger partial charge in [0.05, 0.1) is 19.3 Å². The maximum atomic E-state index is 12.1. The molecule has 0 unspecified atom stereocenters. The molecule has 1 amide bonds. The Labute approximate surface area is 146 Å². The monoisotopic (exact) mass is 343 g/mol. The Kier molecular flexibility index (Phi) is 6.39. The van der Waals surface area contributed by atoms with Gasteiger partial charge in [0, 0.05) is 12.1 Å². The molecule has 6 heteroatoms. The van der Waals surface area contributed by atoms with E-state index in [-0.39, 0.29) is 11.5 Å². The molecule has 2 rings (SSSR count). The fraction of sp³-hybridized carbons (Fsp3) is 0.263. The zero-order chi connectivity index (χ0) is 18.2. The fourth-order valence-corrected chi connectivity index (χ4v) is 2.28. The normalized spacial score (nSPS) is 10.2. The first-order chi connectivity index (χ1) is 12.0. The molecule has 132 valence electrons. The first kappa shape index (κ1) is 18.3. The molecule has 0 aliphatic rings. The van der Waals surface area contributed by atoms with E-state index >= 15 is 0 Å². The number of aromatic carboxylic acids is 1. The highest BCUT2D eigenvalue weighted by molar-refractivity contribution is 5.97. The van der Waals surface area contributed by atoms with E-state index in [4.69, 9.17) is 14.6 Å². The highest BCUT2D eigenvalue weighted by Gasteiger charge is 2.10. The van der Waals surface area contributed by atoms with Gasteiger partial charge in [-0.2, -0.15) is 0 Å². The highest BCUT2D eigenvalue weighted by Crippen LogP contribution is 2.17. The topological polar surface area (TPSA) is 84.9 Å². The zero-order valence-corrected chi connectivity index (χ0v) is 14.2. The number of benzene rings is 2. The van der Waals surface area contributed by atoms with Gasteiger partial charge in [-0.1, -0.05) is 0 Å². The summed E-state index contributed by atoms with van der Waals surface area (Å²) >= 11 is 0. The van der Waals surface area contributed by atoms with Crippen LogP contribution in [-0.2, 0) is 0 Å². The quantitative estimate of drug-likeness (QED) is 0.720. The van der Waals surface area contributed by atoms with Crippen molar-refractivity contribution in [3.63, 3.8) is 0 Å². The molecule has 0 spiro atoms. The molecule has 0 heterocycles. The van der Waals surface area contributed by atoms with Gasteiger partial charge >= 0.3 is 5.97 Å². The van der Waals surface area contributed by atoms with Crippen LogP contribution < -0.4 is 14.8 Å². The second kappa shape index (κ2) is 8.73. The van der Waals surface area contributed by atoms with Crippen LogP contribution in [0, 0.1) is 6.92 Å². The lowest BCUT2D eigenvalue weighted by Crippen LogP contribution is -2.26. The molecule has 0 saturated heterocycles. The number of amides is 1. The molecular weight excluding hydrogens is 322 g/mol. The summed E-state index contributed by atoms with van der Waals surface area (Å²) in [6.07, 6.45) is 0.634. The maximum Gasteiger partial charge on any atom is 0.335 e. The fourth-order valence-electron chi connectivity index (χ4n) is 2.28. The standard InChI is InChI=1S/C19H21NO5/c1-13-10-14(12-15(11-13)19(22)23)18(21)20-8-3-9-25-17-6-4-16(24-2)5-7-17/h4-7,10-12H,3,8-9H2,1-2H3,(H,20,21)(H,22,23). The van der Waals surface area contributed by atoms with Crippen molar-refractivity contribution < 1.29 is 24.2 Å². The summed E-state index contributed by atoms with van der Waals surface area (Å²) in [5.41, 5.74) is 1.18. The molecule has 2 aromatic rings. The molecule has 0 atom stereocenters. The number of rotatable bonds is 8. The Bertz CT molecular complexity index is 740. The van der Waals surface area contributed by atoms with Gasteiger partial charge < -0.3 is 19.9 Å². The number of nitrogens with one attached hydrogen (secondary N) is 1. The van der Waals surface area contributed by atoms with Gasteiger partial charge in [0.1, 0.15) is 11.5 Å². The van der Waals surface area contributed by atoms with Crippen LogP contribution in [0.1, 0.15) is 32.7 Å². The molecule has 0 saturated carbocycles. The number of ether oxygens (including phenoxy) is 2. The Morgan fingerprint density at radius 1 is 1.04 bits per heavy atom. The third-order valence-electron chi connectivity index (χ3n) is 3.52. The van der Waals surface area contributed by atoms with Crippen LogP contribution in [0.15, 0.2) is 42.5 Å². The average molecular weight is 343 g/mol. The first-order valence-electron chi connectivity index (χ1n) is 7.89. The van der Waals surface area contributed by atoms with Crippen LogP contribution in [0.25, 0.3) is 0 Å². The number of aryl methyl sites for hydroxylation is 1. The van der Waals surface area contributed by atoms with Gasteiger partial charge in [-0.3, -0.25) is 4.79 Å². The van der Waals surface area contributed by atoms with Gasteiger partial charge in [-0.15, -0.1) is 0 Å². The molecular formula is C19H21NO5. The number of carbonyl (C=O) groups is 2. The SMILES string of the molecule is COc1ccc(OCCCNC(=O)c2cc(C)cc(C(=O)O)c2)cc1. The molecule has 0 bridgehead atoms. The minimum atomic E-state index is -1.05. The van der Waals surface area contributed by atoms with Gasteiger partial charge in [0.25, 0.3) is 5.91 Å². The zero-order valence-electron chi connectivity index (χ0n) is 14.2. The van der Waals surface area contributed by atoms with Crippen LogP contribution in [0.3, 0.4) is 0 Å². The third-order valence-corrected chi connectivity index (χ3v) is 3.52. The summed E-state index contributed by atoms with van der Waals surface area (Å²) in [7, 11) is 1.60. The number of hydrogen-bond acceptors (Lipinski definition) is 4. The van der Waals surface area contributed by atoms with Crippen molar-refractivity contribution in [1.82, 2.24) is 5.32 Å². The van der Waals surface area contributed by atoms with Crippen molar-refractivity contribution in [2.75, 3.05) is 20.3 Å². The van der Waals surface area contributed by atoms with E-state index in [1.807, 2.05) is 24.3 Å². The number of carboxylic acids is 1. The van der Waals surface area contributed by atoms with E-state index < -0.39 is 5.97 Å². The lowest BCUT2D eigenvalue weighted by atomic mass is 10.1. The Morgan fingerprint density at radius 3 is 2.32 bits per heavy atom. The van der Waals surface area contributed by atoms with Crippen LogP contribution in [0.5, 0.6) is 11.5 Å². The maximum absolute atomic E-state index is 12.1. The van der Waals surface area contributed by atoms with E-state index in [0.717, 1.165) is 17.1 Å². The van der Waals surface area contributed by atoms with Crippen molar-refractivity contribution in [3.05, 3.63) is 59.2 Å². The molecule has 0 radical (unpaired) electrons. The van der Waals surface area contributed by atoms with Crippen molar-refractivity contribution >= 4 is 11.9 Å². The van der Waals surface area contributed by atoms with E-state index in [1.54, 1.807) is 20.1 Å². The number of carbonyl (C=O) groups excluding carboxylic acids is 1. The number of methoxy groups -OCH3 is 1. The summed E-state index contributed by atoms with van der Waals surface area (Å²) in [6.45, 7) is 2.65. The van der Waals surface area contributed by atoms with Crippen molar-refractivity contribution in [3.8, 4) is 11.5 Å². The number of hydrogen-bond donors (Lipinski definition) is 2. The van der Waals surface area contributed by atoms with Crippen LogP contribution in [0.2, 0.25) is 0 Å². The third kappa shape index (κ3) is 5.53. The summed E-state index contributed by atoms with van der Waals surface area (Å²) in [5, 5.41) is 11.8. The van der Waals surface area contributed by atoms with E-state index in [2.05, 4.69) is 5.32 Å². The van der Waals surface area contributed by atoms with Crippen molar-refractivity contribution in [2.24, 2.45) is 0 Å². The predicted octanol–water partition coefficient (Wildman–Crippen LogP) is 2.90. The molecule has 0 aliphatic carbocycles. The molecule has 2 N–H and O–H groups in total. The van der Waals surface area contributed by atoms with Gasteiger partial charge in [0.15, 0.2) is 0 Å². The van der Waals surface area contributed by atoms with Gasteiger partial charge in [-0.25, -0.2) is 4.79 Å². The van der Waals surface area contributed by atoms with Crippen LogP contribution in [0.4, 0.5) is 0 Å². The molecule has 2 aromatic carbocycles. The molecule has 0 fully saturated rings. The van der Waals surface area contributed by atoms with Gasteiger partial charge in [-0.05, 0) is 61.4 Å².